The molecule has 2 rings (SSSR count). The van der Waals surface area contributed by atoms with Crippen LogP contribution < -0.4 is 10.2 Å². The molecule has 2 amide bonds. The fourth-order valence-electron chi connectivity index (χ4n) is 2.26. The third-order valence-electron chi connectivity index (χ3n) is 3.90. The number of thioether (sulfide) groups is 1. The van der Waals surface area contributed by atoms with Gasteiger partial charge in [0.15, 0.2) is 0 Å². The molecule has 6 nitrogen and oxygen atoms in total. The van der Waals surface area contributed by atoms with Gasteiger partial charge in [-0.1, -0.05) is 6.92 Å². The Hall–Kier alpha value is -1.76. The van der Waals surface area contributed by atoms with Crippen molar-refractivity contribution in [2.75, 3.05) is 30.6 Å². The van der Waals surface area contributed by atoms with Crippen molar-refractivity contribution in [2.45, 2.75) is 32.4 Å². The van der Waals surface area contributed by atoms with Gasteiger partial charge in [-0.15, -0.1) is 11.8 Å². The summed E-state index contributed by atoms with van der Waals surface area (Å²) < 4.78 is 0. The maximum absolute atomic E-state index is 12.8. The number of anilines is 1. The molecular weight excluding hydrogens is 312 g/mol. The highest BCUT2D eigenvalue weighted by Gasteiger charge is 2.35. The van der Waals surface area contributed by atoms with E-state index in [2.05, 4.69) is 10.3 Å². The van der Waals surface area contributed by atoms with Crippen LogP contribution in [0.25, 0.3) is 0 Å². The molecule has 126 valence electrons. The fourth-order valence-corrected chi connectivity index (χ4v) is 3.42. The minimum absolute atomic E-state index is 0.0698. The molecule has 1 aromatic heterocycles. The third-order valence-corrected chi connectivity index (χ3v) is 4.91. The largest absolute Gasteiger partial charge is 0.363 e. The van der Waals surface area contributed by atoms with Gasteiger partial charge in [-0.05, 0) is 25.5 Å². The van der Waals surface area contributed by atoms with Gasteiger partial charge in [-0.25, -0.2) is 4.98 Å². The standard InChI is InChI=1S/C16H24N4O2S/c1-5-11(2)18-15(21)13-9-23-10-20(13)16(22)12-6-7-17-14(8-12)19(3)4/h6-8,11,13H,5,9-10H2,1-4H3,(H,18,21)/t11-,13-/m1/s1. The van der Waals surface area contributed by atoms with Crippen molar-refractivity contribution in [3.63, 3.8) is 0 Å². The van der Waals surface area contributed by atoms with Gasteiger partial charge >= 0.3 is 0 Å². The van der Waals surface area contributed by atoms with Crippen molar-refractivity contribution in [1.82, 2.24) is 15.2 Å². The molecule has 1 aliphatic heterocycles. The van der Waals surface area contributed by atoms with Crippen molar-refractivity contribution < 1.29 is 9.59 Å². The third kappa shape index (κ3) is 4.16. The number of nitrogens with one attached hydrogen (secondary N) is 1. The minimum atomic E-state index is -0.405. The van der Waals surface area contributed by atoms with E-state index in [-0.39, 0.29) is 17.9 Å². The normalized spacial score (nSPS) is 18.6. The first-order valence-corrected chi connectivity index (χ1v) is 8.92. The molecule has 0 unspecified atom stereocenters. The second-order valence-electron chi connectivity index (χ2n) is 5.91. The highest BCUT2D eigenvalue weighted by atomic mass is 32.2. The lowest BCUT2D eigenvalue weighted by molar-refractivity contribution is -0.125. The van der Waals surface area contributed by atoms with Gasteiger partial charge in [0.1, 0.15) is 11.9 Å². The lowest BCUT2D eigenvalue weighted by atomic mass is 10.1. The Kier molecular flexibility index (Phi) is 5.87. The van der Waals surface area contributed by atoms with Gasteiger partial charge < -0.3 is 15.1 Å². The molecule has 0 aliphatic carbocycles. The molecule has 0 spiro atoms. The average molecular weight is 336 g/mol. The highest BCUT2D eigenvalue weighted by molar-refractivity contribution is 7.99. The molecule has 0 saturated carbocycles. The zero-order valence-corrected chi connectivity index (χ0v) is 14.9. The van der Waals surface area contributed by atoms with Crippen LogP contribution in [0, 0.1) is 0 Å². The molecule has 0 radical (unpaired) electrons. The van der Waals surface area contributed by atoms with Gasteiger partial charge in [-0.2, -0.15) is 0 Å². The summed E-state index contributed by atoms with van der Waals surface area (Å²) in [5, 5.41) is 2.97. The zero-order valence-electron chi connectivity index (χ0n) is 14.1. The quantitative estimate of drug-likeness (QED) is 0.884. The number of rotatable bonds is 5. The number of hydrogen-bond acceptors (Lipinski definition) is 5. The van der Waals surface area contributed by atoms with E-state index < -0.39 is 6.04 Å². The van der Waals surface area contributed by atoms with E-state index in [0.29, 0.717) is 17.2 Å². The molecule has 2 heterocycles. The van der Waals surface area contributed by atoms with E-state index in [0.717, 1.165) is 12.2 Å². The van der Waals surface area contributed by atoms with Gasteiger partial charge in [0.05, 0.1) is 5.88 Å². The van der Waals surface area contributed by atoms with Crippen LogP contribution in [0.2, 0.25) is 0 Å². The van der Waals surface area contributed by atoms with Gasteiger partial charge in [0.25, 0.3) is 5.91 Å². The lowest BCUT2D eigenvalue weighted by Crippen LogP contribution is -2.49. The minimum Gasteiger partial charge on any atom is -0.363 e. The van der Waals surface area contributed by atoms with Crippen LogP contribution in [-0.4, -0.2) is 59.5 Å². The fraction of sp³-hybridized carbons (Fsp3) is 0.562. The van der Waals surface area contributed by atoms with Crippen molar-refractivity contribution in [1.29, 1.82) is 0 Å². The Morgan fingerprint density at radius 3 is 2.91 bits per heavy atom. The molecule has 1 fully saturated rings. The summed E-state index contributed by atoms with van der Waals surface area (Å²) in [6.07, 6.45) is 2.50. The molecule has 1 saturated heterocycles. The van der Waals surface area contributed by atoms with Crippen molar-refractivity contribution in [3.8, 4) is 0 Å². The molecule has 1 aromatic rings. The SMILES string of the molecule is CC[C@@H](C)NC(=O)[C@H]1CSCN1C(=O)c1ccnc(N(C)C)c1. The second kappa shape index (κ2) is 7.68. The smallest absolute Gasteiger partial charge is 0.255 e. The summed E-state index contributed by atoms with van der Waals surface area (Å²) in [4.78, 5) is 32.9. The maximum atomic E-state index is 12.8. The predicted octanol–water partition coefficient (Wildman–Crippen LogP) is 1.58. The molecule has 0 aromatic carbocycles. The van der Waals surface area contributed by atoms with E-state index in [4.69, 9.17) is 0 Å². The van der Waals surface area contributed by atoms with Gasteiger partial charge in [0.2, 0.25) is 5.91 Å². The Labute approximate surface area is 141 Å². The molecule has 7 heteroatoms. The molecular formula is C16H24N4O2S. The van der Waals surface area contributed by atoms with Crippen LogP contribution >= 0.6 is 11.8 Å². The van der Waals surface area contributed by atoms with E-state index in [1.807, 2.05) is 32.8 Å². The van der Waals surface area contributed by atoms with Crippen molar-refractivity contribution in [3.05, 3.63) is 23.9 Å². The molecule has 2 atom stereocenters. The maximum Gasteiger partial charge on any atom is 0.255 e. The van der Waals surface area contributed by atoms with Gasteiger partial charge in [0, 0.05) is 37.7 Å². The number of hydrogen-bond donors (Lipinski definition) is 1. The molecule has 0 bridgehead atoms. The van der Waals surface area contributed by atoms with Crippen LogP contribution in [0.15, 0.2) is 18.3 Å². The summed E-state index contributed by atoms with van der Waals surface area (Å²) >= 11 is 1.61. The first-order valence-electron chi connectivity index (χ1n) is 7.76. The Morgan fingerprint density at radius 2 is 2.26 bits per heavy atom. The van der Waals surface area contributed by atoms with Crippen LogP contribution in [0.5, 0.6) is 0 Å². The van der Waals surface area contributed by atoms with Crippen LogP contribution in [0.3, 0.4) is 0 Å². The first-order chi connectivity index (χ1) is 10.9. The summed E-state index contributed by atoms with van der Waals surface area (Å²) in [5.74, 6) is 1.71. The van der Waals surface area contributed by atoms with Crippen molar-refractivity contribution in [2.24, 2.45) is 0 Å². The Balaban J connectivity index is 2.14. The molecule has 1 aliphatic rings. The highest BCUT2D eigenvalue weighted by Crippen LogP contribution is 2.24. The lowest BCUT2D eigenvalue weighted by Gasteiger charge is -2.25. The van der Waals surface area contributed by atoms with E-state index in [1.54, 1.807) is 35.0 Å². The summed E-state index contributed by atoms with van der Waals surface area (Å²) in [6.45, 7) is 4.00. The zero-order chi connectivity index (χ0) is 17.0. The summed E-state index contributed by atoms with van der Waals surface area (Å²) in [5.41, 5.74) is 0.563. The monoisotopic (exact) mass is 336 g/mol. The number of carbonyl (C=O) groups is 2. The Morgan fingerprint density at radius 1 is 1.52 bits per heavy atom. The van der Waals surface area contributed by atoms with Crippen LogP contribution in [0.1, 0.15) is 30.6 Å². The van der Waals surface area contributed by atoms with E-state index in [1.165, 1.54) is 0 Å². The van der Waals surface area contributed by atoms with Crippen LogP contribution in [-0.2, 0) is 4.79 Å². The molecule has 1 N–H and O–H groups in total. The van der Waals surface area contributed by atoms with Crippen molar-refractivity contribution >= 4 is 29.4 Å². The second-order valence-corrected chi connectivity index (χ2v) is 6.91. The van der Waals surface area contributed by atoms with E-state index >= 15 is 0 Å². The number of nitrogens with zero attached hydrogens (tertiary/aromatic N) is 3. The number of carbonyl (C=O) groups excluding carboxylic acids is 2. The van der Waals surface area contributed by atoms with Gasteiger partial charge in [-0.3, -0.25) is 9.59 Å². The number of amides is 2. The summed E-state index contributed by atoms with van der Waals surface area (Å²) in [7, 11) is 3.76. The van der Waals surface area contributed by atoms with Crippen LogP contribution in [0.4, 0.5) is 5.82 Å². The number of pyridine rings is 1. The average Bonchev–Trinajstić information content (AvgIpc) is 3.03. The topological polar surface area (TPSA) is 65.5 Å². The number of aromatic nitrogens is 1. The molecule has 23 heavy (non-hydrogen) atoms. The van der Waals surface area contributed by atoms with E-state index in [9.17, 15) is 9.59 Å². The Bertz CT molecular complexity index is 579. The summed E-state index contributed by atoms with van der Waals surface area (Å²) in [6, 6.07) is 3.17. The predicted molar refractivity (Wildman–Crippen MR) is 93.7 cm³/mol. The first kappa shape index (κ1) is 17.6.